The van der Waals surface area contributed by atoms with Gasteiger partial charge in [-0.3, -0.25) is 4.79 Å². The number of carbonyl (C=O) groups excluding carboxylic acids is 1. The Morgan fingerprint density at radius 1 is 0.871 bits per heavy atom. The lowest BCUT2D eigenvalue weighted by Crippen LogP contribution is -2.15. The van der Waals surface area contributed by atoms with Crippen molar-refractivity contribution < 1.29 is 14.3 Å². The first-order valence-electron chi connectivity index (χ1n) is 9.61. The van der Waals surface area contributed by atoms with Gasteiger partial charge in [0.05, 0.1) is 0 Å². The normalized spacial score (nSPS) is 10.3. The van der Waals surface area contributed by atoms with Gasteiger partial charge in [0.2, 0.25) is 11.8 Å². The van der Waals surface area contributed by atoms with Crippen LogP contribution in [0.4, 0.5) is 11.6 Å². The van der Waals surface area contributed by atoms with Crippen molar-refractivity contribution in [3.8, 4) is 17.4 Å². The predicted octanol–water partition coefficient (Wildman–Crippen LogP) is 4.68. The van der Waals surface area contributed by atoms with E-state index in [9.17, 15) is 4.79 Å². The Morgan fingerprint density at radius 2 is 1.52 bits per heavy atom. The lowest BCUT2D eigenvalue weighted by Gasteiger charge is -2.14. The van der Waals surface area contributed by atoms with E-state index < -0.39 is 5.91 Å². The van der Waals surface area contributed by atoms with Crippen LogP contribution in [0.2, 0.25) is 0 Å². The fourth-order valence-corrected chi connectivity index (χ4v) is 2.83. The van der Waals surface area contributed by atoms with Gasteiger partial charge < -0.3 is 20.5 Å². The van der Waals surface area contributed by atoms with E-state index in [1.54, 1.807) is 30.3 Å². The van der Waals surface area contributed by atoms with Crippen LogP contribution < -0.4 is 20.5 Å². The molecule has 1 aromatic heterocycles. The van der Waals surface area contributed by atoms with Crippen molar-refractivity contribution in [3.05, 3.63) is 102 Å². The van der Waals surface area contributed by atoms with Gasteiger partial charge in [-0.1, -0.05) is 60.7 Å². The Hall–Kier alpha value is -4.39. The Labute approximate surface area is 179 Å². The monoisotopic (exact) mass is 412 g/mol. The van der Waals surface area contributed by atoms with E-state index in [4.69, 9.17) is 15.2 Å². The van der Waals surface area contributed by atoms with Crippen molar-refractivity contribution in [3.63, 3.8) is 0 Å². The van der Waals surface area contributed by atoms with Gasteiger partial charge in [0.25, 0.3) is 5.91 Å². The number of amides is 1. The van der Waals surface area contributed by atoms with E-state index in [1.807, 2.05) is 54.6 Å². The molecule has 1 heterocycles. The second-order valence-corrected chi connectivity index (χ2v) is 6.59. The van der Waals surface area contributed by atoms with Crippen LogP contribution >= 0.6 is 0 Å². The number of nitrogen functional groups attached to an aromatic ring is 1. The molecule has 0 saturated carbocycles. The van der Waals surface area contributed by atoms with Gasteiger partial charge in [-0.25, -0.2) is 4.98 Å². The van der Waals surface area contributed by atoms with E-state index in [2.05, 4.69) is 15.3 Å². The Morgan fingerprint density at radius 3 is 2.26 bits per heavy atom. The fraction of sp³-hybridized carbons (Fsp3) is 0.0417. The summed E-state index contributed by atoms with van der Waals surface area (Å²) in [6, 6.07) is 26.0. The summed E-state index contributed by atoms with van der Waals surface area (Å²) in [6.07, 6.45) is 1.34. The minimum Gasteiger partial charge on any atom is -0.485 e. The molecule has 0 spiro atoms. The standard InChI is InChI=1S/C24H20N4O3/c25-24-26-15-19(22(29)27-18-11-5-2-6-12-18)23(28-24)31-21-14-8-7-13-20(21)30-16-17-9-3-1-4-10-17/h1-15H,16H2,(H,27,29)(H2,25,26,28). The van der Waals surface area contributed by atoms with Gasteiger partial charge in [0, 0.05) is 11.9 Å². The molecule has 4 rings (SSSR count). The summed E-state index contributed by atoms with van der Waals surface area (Å²) in [4.78, 5) is 20.8. The SMILES string of the molecule is Nc1ncc(C(=O)Nc2ccccc2)c(Oc2ccccc2OCc2ccccc2)n1. The lowest BCUT2D eigenvalue weighted by molar-refractivity contribution is 0.102. The Kier molecular flexibility index (Phi) is 6.04. The van der Waals surface area contributed by atoms with Gasteiger partial charge in [-0.2, -0.15) is 4.98 Å². The van der Waals surface area contributed by atoms with Crippen LogP contribution in [0.1, 0.15) is 15.9 Å². The average Bonchev–Trinajstić information content (AvgIpc) is 2.80. The summed E-state index contributed by atoms with van der Waals surface area (Å²) < 4.78 is 11.9. The second kappa shape index (κ2) is 9.41. The molecule has 154 valence electrons. The molecule has 0 radical (unpaired) electrons. The molecule has 7 heteroatoms. The zero-order valence-electron chi connectivity index (χ0n) is 16.6. The average molecular weight is 412 g/mol. The number of benzene rings is 3. The van der Waals surface area contributed by atoms with Crippen LogP contribution in [0.5, 0.6) is 17.4 Å². The summed E-state index contributed by atoms with van der Waals surface area (Å²) >= 11 is 0. The third-order valence-corrected chi connectivity index (χ3v) is 4.34. The van der Waals surface area contributed by atoms with E-state index in [1.165, 1.54) is 6.20 Å². The van der Waals surface area contributed by atoms with E-state index in [-0.39, 0.29) is 17.4 Å². The minimum atomic E-state index is -0.413. The molecule has 7 nitrogen and oxygen atoms in total. The highest BCUT2D eigenvalue weighted by Crippen LogP contribution is 2.33. The molecule has 3 N–H and O–H groups in total. The highest BCUT2D eigenvalue weighted by molar-refractivity contribution is 6.05. The molecular weight excluding hydrogens is 392 g/mol. The van der Waals surface area contributed by atoms with Crippen LogP contribution in [0, 0.1) is 0 Å². The van der Waals surface area contributed by atoms with E-state index in [0.29, 0.717) is 23.8 Å². The number of nitrogens with one attached hydrogen (secondary N) is 1. The molecule has 1 amide bonds. The van der Waals surface area contributed by atoms with Crippen LogP contribution in [-0.2, 0) is 6.61 Å². The third kappa shape index (κ3) is 5.16. The van der Waals surface area contributed by atoms with Crippen LogP contribution in [0.25, 0.3) is 0 Å². The van der Waals surface area contributed by atoms with Gasteiger partial charge in [-0.15, -0.1) is 0 Å². The van der Waals surface area contributed by atoms with Crippen molar-refractivity contribution in [1.82, 2.24) is 9.97 Å². The predicted molar refractivity (Wildman–Crippen MR) is 118 cm³/mol. The summed E-state index contributed by atoms with van der Waals surface area (Å²) in [5, 5.41) is 2.79. The second-order valence-electron chi connectivity index (χ2n) is 6.59. The molecule has 0 unspecified atom stereocenters. The highest BCUT2D eigenvalue weighted by atomic mass is 16.5. The molecule has 3 aromatic carbocycles. The lowest BCUT2D eigenvalue weighted by atomic mass is 10.2. The highest BCUT2D eigenvalue weighted by Gasteiger charge is 2.18. The molecule has 0 aliphatic heterocycles. The van der Waals surface area contributed by atoms with Crippen molar-refractivity contribution in [2.45, 2.75) is 6.61 Å². The third-order valence-electron chi connectivity index (χ3n) is 4.34. The van der Waals surface area contributed by atoms with E-state index in [0.717, 1.165) is 5.56 Å². The number of para-hydroxylation sites is 3. The van der Waals surface area contributed by atoms with Crippen LogP contribution in [0.15, 0.2) is 91.1 Å². The van der Waals surface area contributed by atoms with E-state index >= 15 is 0 Å². The maximum atomic E-state index is 12.8. The zero-order valence-corrected chi connectivity index (χ0v) is 16.6. The minimum absolute atomic E-state index is 0.00561. The number of hydrogen-bond acceptors (Lipinski definition) is 6. The van der Waals surface area contributed by atoms with Crippen molar-refractivity contribution in [1.29, 1.82) is 0 Å². The number of ether oxygens (including phenoxy) is 2. The molecule has 31 heavy (non-hydrogen) atoms. The zero-order chi connectivity index (χ0) is 21.5. The number of rotatable bonds is 7. The Bertz CT molecular complexity index is 1170. The number of anilines is 2. The summed E-state index contributed by atoms with van der Waals surface area (Å²) in [7, 11) is 0. The van der Waals surface area contributed by atoms with Crippen molar-refractivity contribution >= 4 is 17.5 Å². The largest absolute Gasteiger partial charge is 0.485 e. The fourth-order valence-electron chi connectivity index (χ4n) is 2.83. The first-order valence-corrected chi connectivity index (χ1v) is 9.61. The molecule has 0 bridgehead atoms. The summed E-state index contributed by atoms with van der Waals surface area (Å²) in [6.45, 7) is 0.370. The molecular formula is C24H20N4O3. The maximum Gasteiger partial charge on any atom is 0.262 e. The maximum absolute atomic E-state index is 12.8. The number of aromatic nitrogens is 2. The van der Waals surface area contributed by atoms with Crippen molar-refractivity contribution in [2.24, 2.45) is 0 Å². The molecule has 0 atom stereocenters. The van der Waals surface area contributed by atoms with Gasteiger partial charge in [0.1, 0.15) is 12.2 Å². The molecule has 0 fully saturated rings. The quantitative estimate of drug-likeness (QED) is 0.457. The number of hydrogen-bond donors (Lipinski definition) is 2. The molecule has 0 aliphatic carbocycles. The van der Waals surface area contributed by atoms with Gasteiger partial charge in [-0.05, 0) is 29.8 Å². The number of nitrogens with two attached hydrogens (primary N) is 1. The molecule has 0 saturated heterocycles. The van der Waals surface area contributed by atoms with Gasteiger partial charge >= 0.3 is 0 Å². The summed E-state index contributed by atoms with van der Waals surface area (Å²) in [5.41, 5.74) is 7.55. The smallest absolute Gasteiger partial charge is 0.262 e. The summed E-state index contributed by atoms with van der Waals surface area (Å²) in [5.74, 6) is 0.540. The van der Waals surface area contributed by atoms with Gasteiger partial charge in [0.15, 0.2) is 11.5 Å². The van der Waals surface area contributed by atoms with Crippen LogP contribution in [0.3, 0.4) is 0 Å². The topological polar surface area (TPSA) is 99.4 Å². The number of carbonyl (C=O) groups is 1. The molecule has 4 aromatic rings. The van der Waals surface area contributed by atoms with Crippen molar-refractivity contribution in [2.75, 3.05) is 11.1 Å². The Balaban J connectivity index is 1.57. The first kappa shape index (κ1) is 19.9. The number of nitrogens with zero attached hydrogens (tertiary/aromatic N) is 2. The molecule has 0 aliphatic rings. The van der Waals surface area contributed by atoms with Crippen LogP contribution in [-0.4, -0.2) is 15.9 Å². The first-order chi connectivity index (χ1) is 15.2.